The summed E-state index contributed by atoms with van der Waals surface area (Å²) in [7, 11) is 0. The normalized spacial score (nSPS) is 16.7. The third-order valence-electron chi connectivity index (χ3n) is 4.55. The maximum Gasteiger partial charge on any atom is 0.0169 e. The molecule has 0 unspecified atom stereocenters. The van der Waals surface area contributed by atoms with E-state index in [4.69, 9.17) is 0 Å². The molecule has 1 nitrogen and oxygen atoms in total. The van der Waals surface area contributed by atoms with Crippen LogP contribution in [0.4, 0.5) is 0 Å². The lowest BCUT2D eigenvalue weighted by Crippen LogP contribution is -2.29. The van der Waals surface area contributed by atoms with Crippen molar-refractivity contribution in [3.63, 3.8) is 0 Å². The minimum Gasteiger partial charge on any atom is -0.300 e. The van der Waals surface area contributed by atoms with Crippen LogP contribution in [0.5, 0.6) is 0 Å². The van der Waals surface area contributed by atoms with Crippen LogP contribution in [0.15, 0.2) is 60.7 Å². The van der Waals surface area contributed by atoms with E-state index < -0.39 is 0 Å². The summed E-state index contributed by atoms with van der Waals surface area (Å²) in [6.45, 7) is 5.83. The van der Waals surface area contributed by atoms with Crippen molar-refractivity contribution in [2.75, 3.05) is 19.6 Å². The smallest absolute Gasteiger partial charge is 0.0169 e. The Kier molecular flexibility index (Phi) is 5.07. The molecule has 2 aromatic rings. The second kappa shape index (κ2) is 7.42. The van der Waals surface area contributed by atoms with Crippen molar-refractivity contribution in [3.8, 4) is 11.1 Å². The van der Waals surface area contributed by atoms with E-state index in [-0.39, 0.29) is 0 Å². The zero-order valence-electron chi connectivity index (χ0n) is 13.5. The van der Waals surface area contributed by atoms with Crippen molar-refractivity contribution >= 4 is 5.57 Å². The molecule has 22 heavy (non-hydrogen) atoms. The van der Waals surface area contributed by atoms with Crippen molar-refractivity contribution in [1.29, 1.82) is 0 Å². The Balaban J connectivity index is 1.66. The highest BCUT2D eigenvalue weighted by Gasteiger charge is 2.08. The highest BCUT2D eigenvalue weighted by Crippen LogP contribution is 2.22. The minimum atomic E-state index is 1.09. The average molecular weight is 291 g/mol. The van der Waals surface area contributed by atoms with Crippen LogP contribution in [0.2, 0.25) is 0 Å². The third kappa shape index (κ3) is 3.86. The Morgan fingerprint density at radius 1 is 0.864 bits per heavy atom. The number of hydrogen-bond acceptors (Lipinski definition) is 1. The second-order valence-electron chi connectivity index (χ2n) is 6.19. The first-order valence-corrected chi connectivity index (χ1v) is 8.38. The lowest BCUT2D eigenvalue weighted by atomic mass is 10.0. The molecule has 114 valence electrons. The fraction of sp³-hybridized carbons (Fsp3) is 0.333. The van der Waals surface area contributed by atoms with Gasteiger partial charge >= 0.3 is 0 Å². The van der Waals surface area contributed by atoms with Gasteiger partial charge in [-0.3, -0.25) is 4.90 Å². The molecule has 3 rings (SSSR count). The van der Waals surface area contributed by atoms with Crippen LogP contribution < -0.4 is 0 Å². The van der Waals surface area contributed by atoms with E-state index in [2.05, 4.69) is 72.5 Å². The molecule has 1 aliphatic heterocycles. The summed E-state index contributed by atoms with van der Waals surface area (Å²) in [6.07, 6.45) is 6.50. The van der Waals surface area contributed by atoms with Crippen molar-refractivity contribution in [2.24, 2.45) is 0 Å². The molecule has 1 saturated heterocycles. The fourth-order valence-corrected chi connectivity index (χ4v) is 3.08. The zero-order valence-corrected chi connectivity index (χ0v) is 13.5. The Bertz CT molecular complexity index is 604. The van der Waals surface area contributed by atoms with Gasteiger partial charge in [-0.15, -0.1) is 0 Å². The number of allylic oxidation sites excluding steroid dienone is 1. The molecule has 2 aromatic carbocycles. The molecule has 0 atom stereocenters. The van der Waals surface area contributed by atoms with Gasteiger partial charge in [0.15, 0.2) is 0 Å². The molecule has 0 radical (unpaired) electrons. The van der Waals surface area contributed by atoms with Gasteiger partial charge in [-0.25, -0.2) is 0 Å². The molecule has 0 bridgehead atoms. The number of rotatable bonds is 4. The van der Waals surface area contributed by atoms with Gasteiger partial charge in [0.25, 0.3) is 0 Å². The summed E-state index contributed by atoms with van der Waals surface area (Å²) in [5, 5.41) is 0. The molecule has 1 fully saturated rings. The third-order valence-corrected chi connectivity index (χ3v) is 4.55. The number of hydrogen-bond donors (Lipinski definition) is 0. The van der Waals surface area contributed by atoms with Crippen LogP contribution in [0.25, 0.3) is 16.7 Å². The van der Waals surface area contributed by atoms with E-state index in [0.29, 0.717) is 0 Å². The topological polar surface area (TPSA) is 3.24 Å². The summed E-state index contributed by atoms with van der Waals surface area (Å²) in [6, 6.07) is 19.5. The highest BCUT2D eigenvalue weighted by atomic mass is 15.1. The predicted molar refractivity (Wildman–Crippen MR) is 95.8 cm³/mol. The predicted octanol–water partition coefficient (Wildman–Crippen LogP) is 5.24. The van der Waals surface area contributed by atoms with Gasteiger partial charge in [-0.2, -0.15) is 0 Å². The summed E-state index contributed by atoms with van der Waals surface area (Å²) in [4.78, 5) is 2.56. The standard InChI is InChI=1S/C21H25N/c1-18(14-17-22-15-6-3-7-16-22)19-10-12-21(13-11-19)20-8-4-2-5-9-20/h2,4-5,8-14H,3,6-7,15-17H2,1H3. The Labute approximate surface area is 134 Å². The van der Waals surface area contributed by atoms with E-state index in [1.54, 1.807) is 0 Å². The number of piperidine rings is 1. The largest absolute Gasteiger partial charge is 0.300 e. The van der Waals surface area contributed by atoms with Crippen LogP contribution in [0, 0.1) is 0 Å². The first kappa shape index (κ1) is 15.1. The van der Waals surface area contributed by atoms with E-state index in [0.717, 1.165) is 6.54 Å². The zero-order chi connectivity index (χ0) is 15.2. The molecule has 1 heterocycles. The minimum absolute atomic E-state index is 1.09. The first-order chi connectivity index (χ1) is 10.8. The van der Waals surface area contributed by atoms with Gasteiger partial charge in [-0.05, 0) is 55.1 Å². The van der Waals surface area contributed by atoms with Gasteiger partial charge in [0, 0.05) is 6.54 Å². The van der Waals surface area contributed by atoms with Crippen molar-refractivity contribution in [1.82, 2.24) is 4.90 Å². The molecular formula is C21H25N. The maximum atomic E-state index is 2.56. The van der Waals surface area contributed by atoms with E-state index in [9.17, 15) is 0 Å². The monoisotopic (exact) mass is 291 g/mol. The van der Waals surface area contributed by atoms with Crippen molar-refractivity contribution in [3.05, 3.63) is 66.2 Å². The SMILES string of the molecule is CC(=CCN1CCCCC1)c1ccc(-c2ccccc2)cc1. The van der Waals surface area contributed by atoms with Crippen LogP contribution >= 0.6 is 0 Å². The van der Waals surface area contributed by atoms with E-state index >= 15 is 0 Å². The molecular weight excluding hydrogens is 266 g/mol. The Morgan fingerprint density at radius 3 is 2.18 bits per heavy atom. The fourth-order valence-electron chi connectivity index (χ4n) is 3.08. The van der Waals surface area contributed by atoms with Gasteiger partial charge in [0.05, 0.1) is 0 Å². The number of nitrogens with zero attached hydrogens (tertiary/aromatic N) is 1. The quantitative estimate of drug-likeness (QED) is 0.744. The van der Waals surface area contributed by atoms with Crippen LogP contribution in [0.1, 0.15) is 31.7 Å². The Morgan fingerprint density at radius 2 is 1.50 bits per heavy atom. The van der Waals surface area contributed by atoms with Crippen LogP contribution in [-0.2, 0) is 0 Å². The molecule has 1 aliphatic rings. The van der Waals surface area contributed by atoms with Gasteiger partial charge in [-0.1, -0.05) is 67.1 Å². The van der Waals surface area contributed by atoms with E-state index in [1.165, 1.54) is 54.6 Å². The summed E-state index contributed by atoms with van der Waals surface area (Å²) in [5.41, 5.74) is 5.28. The van der Waals surface area contributed by atoms with Gasteiger partial charge in [0.1, 0.15) is 0 Å². The van der Waals surface area contributed by atoms with Crippen molar-refractivity contribution < 1.29 is 0 Å². The first-order valence-electron chi connectivity index (χ1n) is 8.38. The lowest BCUT2D eigenvalue weighted by molar-refractivity contribution is 0.251. The molecule has 0 amide bonds. The summed E-state index contributed by atoms with van der Waals surface area (Å²) < 4.78 is 0. The Hall–Kier alpha value is -1.86. The molecule has 1 heteroatoms. The molecule has 0 saturated carbocycles. The number of benzene rings is 2. The van der Waals surface area contributed by atoms with Crippen LogP contribution in [-0.4, -0.2) is 24.5 Å². The highest BCUT2D eigenvalue weighted by molar-refractivity contribution is 5.69. The molecule has 0 aromatic heterocycles. The average Bonchev–Trinajstić information content (AvgIpc) is 2.61. The lowest BCUT2D eigenvalue weighted by Gasteiger charge is -2.25. The molecule has 0 spiro atoms. The van der Waals surface area contributed by atoms with Gasteiger partial charge in [0.2, 0.25) is 0 Å². The van der Waals surface area contributed by atoms with E-state index in [1.807, 2.05) is 0 Å². The van der Waals surface area contributed by atoms with Crippen molar-refractivity contribution in [2.45, 2.75) is 26.2 Å². The second-order valence-corrected chi connectivity index (χ2v) is 6.19. The summed E-state index contributed by atoms with van der Waals surface area (Å²) >= 11 is 0. The number of likely N-dealkylation sites (tertiary alicyclic amines) is 1. The van der Waals surface area contributed by atoms with Crippen LogP contribution in [0.3, 0.4) is 0 Å². The summed E-state index contributed by atoms with van der Waals surface area (Å²) in [5.74, 6) is 0. The molecule has 0 aliphatic carbocycles. The maximum absolute atomic E-state index is 2.56. The molecule has 0 N–H and O–H groups in total. The van der Waals surface area contributed by atoms with Gasteiger partial charge < -0.3 is 0 Å².